The summed E-state index contributed by atoms with van der Waals surface area (Å²) in [6.45, 7) is 11.7. The van der Waals surface area contributed by atoms with Crippen molar-refractivity contribution in [3.05, 3.63) is 24.3 Å². The number of hydrogen-bond donors (Lipinski definition) is 1. The zero-order valence-electron chi connectivity index (χ0n) is 13.3. The Labute approximate surface area is 127 Å². The van der Waals surface area contributed by atoms with E-state index in [0.717, 1.165) is 25.7 Å². The van der Waals surface area contributed by atoms with Crippen LogP contribution in [0.5, 0.6) is 0 Å². The van der Waals surface area contributed by atoms with Crippen LogP contribution in [0.15, 0.2) is 24.3 Å². The van der Waals surface area contributed by atoms with Gasteiger partial charge in [-0.3, -0.25) is 0 Å². The Bertz CT molecular complexity index is 371. The molecular formula is C17H28O4. The van der Waals surface area contributed by atoms with Crippen molar-refractivity contribution >= 4 is 11.9 Å². The number of aliphatic carboxylic acids is 1. The van der Waals surface area contributed by atoms with Gasteiger partial charge in [-0.05, 0) is 25.2 Å². The minimum Gasteiger partial charge on any atom is -0.478 e. The topological polar surface area (TPSA) is 63.6 Å². The van der Waals surface area contributed by atoms with E-state index in [9.17, 15) is 9.59 Å². The molecule has 4 nitrogen and oxygen atoms in total. The summed E-state index contributed by atoms with van der Waals surface area (Å²) in [4.78, 5) is 22.3. The van der Waals surface area contributed by atoms with Crippen molar-refractivity contribution in [1.82, 2.24) is 0 Å². The monoisotopic (exact) mass is 296 g/mol. The predicted molar refractivity (Wildman–Crippen MR) is 84.0 cm³/mol. The number of esters is 1. The fourth-order valence-corrected chi connectivity index (χ4v) is 2.03. The summed E-state index contributed by atoms with van der Waals surface area (Å²) in [7, 11) is 0. The van der Waals surface area contributed by atoms with Crippen molar-refractivity contribution in [3.63, 3.8) is 0 Å². The quantitative estimate of drug-likeness (QED) is 0.334. The number of hydrogen-bond acceptors (Lipinski definition) is 3. The van der Waals surface area contributed by atoms with Crippen LogP contribution in [0.1, 0.15) is 58.8 Å². The van der Waals surface area contributed by atoms with Gasteiger partial charge in [-0.15, -0.1) is 0 Å². The molecule has 0 aromatic heterocycles. The van der Waals surface area contributed by atoms with Gasteiger partial charge in [-0.2, -0.15) is 0 Å². The van der Waals surface area contributed by atoms with E-state index in [4.69, 9.17) is 9.84 Å². The number of carboxylic acid groups (broad SMARTS) is 1. The van der Waals surface area contributed by atoms with Gasteiger partial charge in [0.1, 0.15) is 0 Å². The molecule has 1 N–H and O–H groups in total. The summed E-state index contributed by atoms with van der Waals surface area (Å²) < 4.78 is 5.11. The highest BCUT2D eigenvalue weighted by Crippen LogP contribution is 2.21. The van der Waals surface area contributed by atoms with E-state index in [1.165, 1.54) is 0 Å². The van der Waals surface area contributed by atoms with Gasteiger partial charge in [0.15, 0.2) is 0 Å². The Balaban J connectivity index is 3.96. The van der Waals surface area contributed by atoms with E-state index >= 15 is 0 Å². The van der Waals surface area contributed by atoms with Gasteiger partial charge in [-0.1, -0.05) is 52.7 Å². The van der Waals surface area contributed by atoms with Crippen LogP contribution in [-0.2, 0) is 14.3 Å². The molecule has 1 unspecified atom stereocenters. The summed E-state index contributed by atoms with van der Waals surface area (Å²) in [6.07, 6.45) is 5.93. The maximum absolute atomic E-state index is 11.8. The first-order chi connectivity index (χ1) is 9.92. The molecule has 0 saturated heterocycles. The van der Waals surface area contributed by atoms with E-state index < -0.39 is 5.97 Å². The third kappa shape index (κ3) is 9.05. The first-order valence-corrected chi connectivity index (χ1v) is 7.68. The lowest BCUT2D eigenvalue weighted by Gasteiger charge is -2.15. The lowest BCUT2D eigenvalue weighted by molar-refractivity contribution is -0.139. The minimum atomic E-state index is -1.01. The maximum Gasteiger partial charge on any atom is 0.333 e. The zero-order valence-corrected chi connectivity index (χ0v) is 13.3. The number of carbonyl (C=O) groups excluding carboxylic acids is 1. The molecular weight excluding hydrogens is 268 g/mol. The Morgan fingerprint density at radius 1 is 1.14 bits per heavy atom. The van der Waals surface area contributed by atoms with Gasteiger partial charge in [0.05, 0.1) is 6.61 Å². The molecule has 0 bridgehead atoms. The van der Waals surface area contributed by atoms with Gasteiger partial charge in [0.25, 0.3) is 0 Å². The van der Waals surface area contributed by atoms with Gasteiger partial charge in [0, 0.05) is 11.1 Å². The Morgan fingerprint density at radius 2 is 1.81 bits per heavy atom. The molecule has 0 radical (unpaired) electrons. The van der Waals surface area contributed by atoms with E-state index in [1.807, 2.05) is 0 Å². The third-order valence-corrected chi connectivity index (χ3v) is 3.53. The molecule has 0 amide bonds. The van der Waals surface area contributed by atoms with E-state index in [-0.39, 0.29) is 18.1 Å². The Kier molecular flexibility index (Phi) is 10.3. The predicted octanol–water partition coefficient (Wildman–Crippen LogP) is 4.11. The van der Waals surface area contributed by atoms with Crippen LogP contribution < -0.4 is 0 Å². The molecule has 1 atom stereocenters. The van der Waals surface area contributed by atoms with Crippen LogP contribution in [0, 0.1) is 5.92 Å². The summed E-state index contributed by atoms with van der Waals surface area (Å²) >= 11 is 0. The van der Waals surface area contributed by atoms with Crippen LogP contribution in [0.25, 0.3) is 0 Å². The second kappa shape index (κ2) is 11.1. The van der Waals surface area contributed by atoms with Gasteiger partial charge >= 0.3 is 11.9 Å². The number of ether oxygens (including phenoxy) is 1. The highest BCUT2D eigenvalue weighted by atomic mass is 16.5. The van der Waals surface area contributed by atoms with Crippen molar-refractivity contribution < 1.29 is 19.4 Å². The van der Waals surface area contributed by atoms with Crippen molar-refractivity contribution in [1.29, 1.82) is 0 Å². The summed E-state index contributed by atoms with van der Waals surface area (Å²) in [6, 6.07) is 0. The molecule has 0 aromatic carbocycles. The zero-order chi connectivity index (χ0) is 16.3. The molecule has 120 valence electrons. The normalized spacial score (nSPS) is 11.7. The number of carboxylic acids is 1. The summed E-state index contributed by atoms with van der Waals surface area (Å²) in [5.74, 6) is -0.893. The second-order valence-corrected chi connectivity index (χ2v) is 5.37. The smallest absolute Gasteiger partial charge is 0.333 e. The fourth-order valence-electron chi connectivity index (χ4n) is 2.03. The van der Waals surface area contributed by atoms with Crippen LogP contribution >= 0.6 is 0 Å². The first-order valence-electron chi connectivity index (χ1n) is 7.68. The number of rotatable bonds is 12. The Morgan fingerprint density at radius 3 is 2.33 bits per heavy atom. The molecule has 0 aliphatic rings. The average molecular weight is 296 g/mol. The average Bonchev–Trinajstić information content (AvgIpc) is 2.46. The molecule has 4 heteroatoms. The Hall–Kier alpha value is -1.58. The van der Waals surface area contributed by atoms with Crippen LogP contribution in [-0.4, -0.2) is 23.7 Å². The highest BCUT2D eigenvalue weighted by molar-refractivity contribution is 5.87. The lowest BCUT2D eigenvalue weighted by Crippen LogP contribution is -2.12. The van der Waals surface area contributed by atoms with E-state index in [0.29, 0.717) is 30.8 Å². The van der Waals surface area contributed by atoms with Gasteiger partial charge < -0.3 is 9.84 Å². The standard InChI is InChI=1S/C17H28O4/c1-5-7-10-15(6-2)12-14(4)17(20)21-11-8-9-13(3)16(18)19/h15H,3-12H2,1-2H3,(H,18,19). The number of carbonyl (C=O) groups is 2. The molecule has 0 spiro atoms. The fraction of sp³-hybridized carbons (Fsp3) is 0.647. The molecule has 0 saturated carbocycles. The summed E-state index contributed by atoms with van der Waals surface area (Å²) in [5.41, 5.74) is 0.644. The highest BCUT2D eigenvalue weighted by Gasteiger charge is 2.14. The van der Waals surface area contributed by atoms with Gasteiger partial charge in [0.2, 0.25) is 0 Å². The van der Waals surface area contributed by atoms with E-state index in [2.05, 4.69) is 27.0 Å². The third-order valence-electron chi connectivity index (χ3n) is 3.53. The van der Waals surface area contributed by atoms with Crippen LogP contribution in [0.4, 0.5) is 0 Å². The molecule has 0 aliphatic heterocycles. The minimum absolute atomic E-state index is 0.135. The SMILES string of the molecule is C=C(CCCOC(=O)C(=C)CC(CC)CCCC)C(=O)O. The molecule has 0 heterocycles. The molecule has 0 rings (SSSR count). The second-order valence-electron chi connectivity index (χ2n) is 5.37. The van der Waals surface area contributed by atoms with Crippen molar-refractivity contribution in [3.8, 4) is 0 Å². The van der Waals surface area contributed by atoms with Crippen LogP contribution in [0.2, 0.25) is 0 Å². The first kappa shape index (κ1) is 19.4. The molecule has 0 fully saturated rings. The number of unbranched alkanes of at least 4 members (excludes halogenated alkanes) is 1. The van der Waals surface area contributed by atoms with Gasteiger partial charge in [-0.25, -0.2) is 9.59 Å². The van der Waals surface area contributed by atoms with Crippen molar-refractivity contribution in [2.45, 2.75) is 58.8 Å². The lowest BCUT2D eigenvalue weighted by atomic mass is 9.92. The van der Waals surface area contributed by atoms with Crippen LogP contribution in [0.3, 0.4) is 0 Å². The molecule has 0 aliphatic carbocycles. The van der Waals surface area contributed by atoms with E-state index in [1.54, 1.807) is 0 Å². The summed E-state index contributed by atoms with van der Waals surface area (Å²) in [5, 5.41) is 8.65. The molecule has 0 aromatic rings. The largest absolute Gasteiger partial charge is 0.478 e. The molecule has 21 heavy (non-hydrogen) atoms. The maximum atomic E-state index is 11.8. The van der Waals surface area contributed by atoms with Crippen molar-refractivity contribution in [2.24, 2.45) is 5.92 Å². The van der Waals surface area contributed by atoms with Crippen molar-refractivity contribution in [2.75, 3.05) is 6.61 Å².